The molecule has 0 spiro atoms. The highest BCUT2D eigenvalue weighted by Gasteiger charge is 2.31. The third kappa shape index (κ3) is 2.74. The highest BCUT2D eigenvalue weighted by atomic mass is 16.5. The maximum Gasteiger partial charge on any atom is 0.273 e. The molecule has 110 valence electrons. The third-order valence-corrected chi connectivity index (χ3v) is 3.71. The zero-order valence-corrected chi connectivity index (χ0v) is 11.9. The van der Waals surface area contributed by atoms with Crippen molar-refractivity contribution in [2.75, 3.05) is 13.7 Å². The summed E-state index contributed by atoms with van der Waals surface area (Å²) in [5.41, 5.74) is 0.348. The van der Waals surface area contributed by atoms with Crippen LogP contribution in [0.3, 0.4) is 0 Å². The number of ether oxygens (including phenoxy) is 1. The van der Waals surface area contributed by atoms with Crippen LogP contribution in [-0.2, 0) is 0 Å². The molecule has 1 unspecified atom stereocenters. The average molecular weight is 287 g/mol. The smallest absolute Gasteiger partial charge is 0.273 e. The van der Waals surface area contributed by atoms with Crippen LogP contribution in [0.15, 0.2) is 35.2 Å². The number of aromatic nitrogens is 2. The van der Waals surface area contributed by atoms with Crippen molar-refractivity contribution in [3.63, 3.8) is 0 Å². The molecule has 6 heteroatoms. The number of methoxy groups -OCH3 is 1. The Morgan fingerprint density at radius 1 is 1.43 bits per heavy atom. The van der Waals surface area contributed by atoms with E-state index in [4.69, 9.17) is 9.15 Å². The van der Waals surface area contributed by atoms with E-state index in [-0.39, 0.29) is 11.9 Å². The van der Waals surface area contributed by atoms with Gasteiger partial charge in [-0.05, 0) is 31.4 Å². The first-order valence-electron chi connectivity index (χ1n) is 7.00. The third-order valence-electron chi connectivity index (χ3n) is 3.71. The van der Waals surface area contributed by atoms with Gasteiger partial charge in [0.2, 0.25) is 5.88 Å². The fourth-order valence-electron chi connectivity index (χ4n) is 2.67. The standard InChI is InChI=1S/C15H17N3O3/c1-20-14-9-11(16-10-17-14)15(19)18-7-3-2-5-12(18)13-6-4-8-21-13/h4,6,8-10,12H,2-3,5,7H2,1H3. The molecule has 1 fully saturated rings. The monoisotopic (exact) mass is 287 g/mol. The number of hydrogen-bond donors (Lipinski definition) is 0. The number of carbonyl (C=O) groups excluding carboxylic acids is 1. The maximum absolute atomic E-state index is 12.7. The molecule has 6 nitrogen and oxygen atoms in total. The van der Waals surface area contributed by atoms with Crippen molar-refractivity contribution in [1.82, 2.24) is 14.9 Å². The summed E-state index contributed by atoms with van der Waals surface area (Å²) in [6.45, 7) is 0.705. The van der Waals surface area contributed by atoms with E-state index in [1.54, 1.807) is 12.3 Å². The Kier molecular flexibility index (Phi) is 3.85. The lowest BCUT2D eigenvalue weighted by Crippen LogP contribution is -2.38. The number of amides is 1. The first-order valence-corrected chi connectivity index (χ1v) is 7.00. The molecule has 1 saturated heterocycles. The van der Waals surface area contributed by atoms with Gasteiger partial charge >= 0.3 is 0 Å². The Bertz CT molecular complexity index is 612. The minimum Gasteiger partial charge on any atom is -0.481 e. The molecule has 1 amide bonds. The van der Waals surface area contributed by atoms with Gasteiger partial charge in [0.15, 0.2) is 0 Å². The zero-order chi connectivity index (χ0) is 14.7. The summed E-state index contributed by atoms with van der Waals surface area (Å²) in [6, 6.07) is 5.30. The minimum absolute atomic E-state index is 0.0257. The van der Waals surface area contributed by atoms with Crippen molar-refractivity contribution >= 4 is 5.91 Å². The maximum atomic E-state index is 12.7. The Balaban J connectivity index is 1.87. The molecule has 3 rings (SSSR count). The molecule has 21 heavy (non-hydrogen) atoms. The van der Waals surface area contributed by atoms with Gasteiger partial charge in [-0.15, -0.1) is 0 Å². The van der Waals surface area contributed by atoms with Crippen molar-refractivity contribution in [1.29, 1.82) is 0 Å². The van der Waals surface area contributed by atoms with Gasteiger partial charge in [-0.2, -0.15) is 0 Å². The first kappa shape index (κ1) is 13.6. The van der Waals surface area contributed by atoms with Crippen molar-refractivity contribution in [2.24, 2.45) is 0 Å². The highest BCUT2D eigenvalue weighted by molar-refractivity contribution is 5.92. The first-order chi connectivity index (χ1) is 10.3. The molecule has 0 bridgehead atoms. The lowest BCUT2D eigenvalue weighted by molar-refractivity contribution is 0.0573. The summed E-state index contributed by atoms with van der Waals surface area (Å²) < 4.78 is 10.5. The summed E-state index contributed by atoms with van der Waals surface area (Å²) in [5, 5.41) is 0. The van der Waals surface area contributed by atoms with Crippen LogP contribution in [-0.4, -0.2) is 34.4 Å². The summed E-state index contributed by atoms with van der Waals surface area (Å²) in [4.78, 5) is 22.5. The molecule has 1 atom stereocenters. The van der Waals surface area contributed by atoms with E-state index in [2.05, 4.69) is 9.97 Å². The van der Waals surface area contributed by atoms with E-state index in [1.165, 1.54) is 13.4 Å². The SMILES string of the molecule is COc1cc(C(=O)N2CCCCC2c2ccco2)ncn1. The van der Waals surface area contributed by atoms with Crippen LogP contribution < -0.4 is 4.74 Å². The van der Waals surface area contributed by atoms with Crippen LogP contribution in [0.2, 0.25) is 0 Å². The van der Waals surface area contributed by atoms with Crippen LogP contribution in [0.25, 0.3) is 0 Å². The average Bonchev–Trinajstić information content (AvgIpc) is 3.08. The topological polar surface area (TPSA) is 68.5 Å². The molecule has 2 aromatic rings. The molecule has 0 N–H and O–H groups in total. The van der Waals surface area contributed by atoms with Gasteiger partial charge in [0, 0.05) is 12.6 Å². The normalized spacial score (nSPS) is 18.5. The summed E-state index contributed by atoms with van der Waals surface area (Å²) in [7, 11) is 1.52. The van der Waals surface area contributed by atoms with Gasteiger partial charge in [-0.1, -0.05) is 0 Å². The van der Waals surface area contributed by atoms with Gasteiger partial charge in [-0.25, -0.2) is 9.97 Å². The molecule has 2 aromatic heterocycles. The van der Waals surface area contributed by atoms with Crippen molar-refractivity contribution in [3.8, 4) is 5.88 Å². The largest absolute Gasteiger partial charge is 0.481 e. The van der Waals surface area contributed by atoms with Crippen LogP contribution in [0, 0.1) is 0 Å². The second-order valence-electron chi connectivity index (χ2n) is 4.97. The number of nitrogens with zero attached hydrogens (tertiary/aromatic N) is 3. The van der Waals surface area contributed by atoms with Crippen LogP contribution in [0.1, 0.15) is 41.6 Å². The number of furan rings is 1. The van der Waals surface area contributed by atoms with Crippen LogP contribution >= 0.6 is 0 Å². The molecule has 1 aliphatic rings. The summed E-state index contributed by atoms with van der Waals surface area (Å²) in [5.74, 6) is 1.10. The van der Waals surface area contributed by atoms with E-state index >= 15 is 0 Å². The fourth-order valence-corrected chi connectivity index (χ4v) is 2.67. The lowest BCUT2D eigenvalue weighted by atomic mass is 9.99. The second-order valence-corrected chi connectivity index (χ2v) is 4.97. The molecule has 0 aromatic carbocycles. The van der Waals surface area contributed by atoms with Crippen molar-refractivity contribution < 1.29 is 13.9 Å². The van der Waals surface area contributed by atoms with Gasteiger partial charge < -0.3 is 14.1 Å². The highest BCUT2D eigenvalue weighted by Crippen LogP contribution is 2.32. The number of hydrogen-bond acceptors (Lipinski definition) is 5. The lowest BCUT2D eigenvalue weighted by Gasteiger charge is -2.34. The number of rotatable bonds is 3. The van der Waals surface area contributed by atoms with E-state index in [9.17, 15) is 4.79 Å². The number of carbonyl (C=O) groups is 1. The van der Waals surface area contributed by atoms with E-state index in [0.717, 1.165) is 25.0 Å². The molecule has 0 radical (unpaired) electrons. The van der Waals surface area contributed by atoms with Gasteiger partial charge in [0.25, 0.3) is 5.91 Å². The predicted molar refractivity (Wildman–Crippen MR) is 74.9 cm³/mol. The molecular weight excluding hydrogens is 270 g/mol. The minimum atomic E-state index is -0.114. The van der Waals surface area contributed by atoms with Crippen molar-refractivity contribution in [2.45, 2.75) is 25.3 Å². The van der Waals surface area contributed by atoms with E-state index in [0.29, 0.717) is 18.1 Å². The number of likely N-dealkylation sites (tertiary alicyclic amines) is 1. The van der Waals surface area contributed by atoms with E-state index in [1.807, 2.05) is 17.0 Å². The number of piperidine rings is 1. The van der Waals surface area contributed by atoms with Gasteiger partial charge in [-0.3, -0.25) is 4.79 Å². The Morgan fingerprint density at radius 2 is 2.33 bits per heavy atom. The van der Waals surface area contributed by atoms with Crippen LogP contribution in [0.4, 0.5) is 0 Å². The molecule has 3 heterocycles. The predicted octanol–water partition coefficient (Wildman–Crippen LogP) is 2.45. The Labute approximate surface area is 122 Å². The summed E-state index contributed by atoms with van der Waals surface area (Å²) >= 11 is 0. The van der Waals surface area contributed by atoms with Crippen LogP contribution in [0.5, 0.6) is 5.88 Å². The van der Waals surface area contributed by atoms with Gasteiger partial charge in [0.1, 0.15) is 17.8 Å². The van der Waals surface area contributed by atoms with E-state index < -0.39 is 0 Å². The van der Waals surface area contributed by atoms with Crippen molar-refractivity contribution in [3.05, 3.63) is 42.2 Å². The molecule has 0 saturated carbocycles. The second kappa shape index (κ2) is 5.95. The Hall–Kier alpha value is -2.37. The quantitative estimate of drug-likeness (QED) is 0.867. The molecule has 1 aliphatic heterocycles. The fraction of sp³-hybridized carbons (Fsp3) is 0.400. The zero-order valence-electron chi connectivity index (χ0n) is 11.9. The Morgan fingerprint density at radius 3 is 3.10 bits per heavy atom. The molecule has 0 aliphatic carbocycles. The summed E-state index contributed by atoms with van der Waals surface area (Å²) in [6.07, 6.45) is 5.97. The molecular formula is C15H17N3O3. The van der Waals surface area contributed by atoms with Gasteiger partial charge in [0.05, 0.1) is 19.4 Å².